The average molecular weight is 301 g/mol. The Labute approximate surface area is 119 Å². The van der Waals surface area contributed by atoms with Gasteiger partial charge in [-0.1, -0.05) is 29.3 Å². The van der Waals surface area contributed by atoms with E-state index in [9.17, 15) is 4.79 Å². The normalized spacial score (nSPS) is 12.2. The minimum absolute atomic E-state index is 0.130. The van der Waals surface area contributed by atoms with Gasteiger partial charge in [0.2, 0.25) is 5.78 Å². The largest absolute Gasteiger partial charge is 0.482 e. The van der Waals surface area contributed by atoms with Crippen LogP contribution in [0, 0.1) is 0 Å². The molecule has 18 heavy (non-hydrogen) atoms. The summed E-state index contributed by atoms with van der Waals surface area (Å²) in [5.74, 6) is 0.436. The number of thiophene rings is 1. The summed E-state index contributed by atoms with van der Waals surface area (Å²) >= 11 is 13.1. The highest BCUT2D eigenvalue weighted by atomic mass is 35.5. The minimum atomic E-state index is -0.598. The van der Waals surface area contributed by atoms with Gasteiger partial charge in [-0.2, -0.15) is 0 Å². The molecule has 2 nitrogen and oxygen atoms in total. The van der Waals surface area contributed by atoms with Crippen molar-refractivity contribution in [1.82, 2.24) is 0 Å². The topological polar surface area (TPSA) is 26.3 Å². The lowest BCUT2D eigenvalue weighted by Crippen LogP contribution is -2.23. The van der Waals surface area contributed by atoms with Crippen molar-refractivity contribution in [2.75, 3.05) is 0 Å². The van der Waals surface area contributed by atoms with Gasteiger partial charge in [0, 0.05) is 5.02 Å². The van der Waals surface area contributed by atoms with E-state index in [-0.39, 0.29) is 5.78 Å². The molecule has 1 aromatic carbocycles. The first-order valence-corrected chi connectivity index (χ1v) is 6.91. The highest BCUT2D eigenvalue weighted by Crippen LogP contribution is 2.25. The van der Waals surface area contributed by atoms with Crippen LogP contribution in [0.5, 0.6) is 5.75 Å². The molecule has 1 heterocycles. The SMILES string of the molecule is CC(Oc1cccc(Cl)c1)C(=O)c1sccc1Cl. The smallest absolute Gasteiger partial charge is 0.214 e. The maximum Gasteiger partial charge on any atom is 0.214 e. The van der Waals surface area contributed by atoms with Crippen molar-refractivity contribution in [1.29, 1.82) is 0 Å². The van der Waals surface area contributed by atoms with E-state index >= 15 is 0 Å². The number of hydrogen-bond donors (Lipinski definition) is 0. The summed E-state index contributed by atoms with van der Waals surface area (Å²) in [6.45, 7) is 1.69. The molecule has 0 aliphatic rings. The summed E-state index contributed by atoms with van der Waals surface area (Å²) in [5, 5.41) is 2.81. The number of carbonyl (C=O) groups is 1. The van der Waals surface area contributed by atoms with Crippen LogP contribution in [-0.2, 0) is 0 Å². The summed E-state index contributed by atoms with van der Waals surface area (Å²) in [6, 6.07) is 8.64. The molecule has 0 amide bonds. The number of ketones is 1. The van der Waals surface area contributed by atoms with Crippen molar-refractivity contribution in [3.05, 3.63) is 50.6 Å². The molecule has 0 fully saturated rings. The van der Waals surface area contributed by atoms with Crippen LogP contribution in [0.25, 0.3) is 0 Å². The fourth-order valence-electron chi connectivity index (χ4n) is 1.45. The van der Waals surface area contributed by atoms with Gasteiger partial charge in [0.15, 0.2) is 6.10 Å². The van der Waals surface area contributed by atoms with Crippen molar-refractivity contribution in [3.63, 3.8) is 0 Å². The molecule has 94 valence electrons. The number of hydrogen-bond acceptors (Lipinski definition) is 3. The molecular weight excluding hydrogens is 291 g/mol. The van der Waals surface area contributed by atoms with Crippen molar-refractivity contribution >= 4 is 40.3 Å². The molecule has 0 radical (unpaired) electrons. The Balaban J connectivity index is 2.11. The zero-order chi connectivity index (χ0) is 13.1. The summed E-state index contributed by atoms with van der Waals surface area (Å²) in [6.07, 6.45) is -0.598. The molecule has 1 unspecified atom stereocenters. The molecule has 1 aromatic heterocycles. The van der Waals surface area contributed by atoms with Crippen LogP contribution in [0.1, 0.15) is 16.6 Å². The van der Waals surface area contributed by atoms with Crippen LogP contribution in [0.15, 0.2) is 35.7 Å². The molecule has 0 spiro atoms. The first-order valence-electron chi connectivity index (χ1n) is 5.27. The van der Waals surface area contributed by atoms with Crippen LogP contribution >= 0.6 is 34.5 Å². The lowest BCUT2D eigenvalue weighted by Gasteiger charge is -2.13. The number of Topliss-reactive ketones (excluding diaryl/α,β-unsaturated/α-hetero) is 1. The molecule has 1 atom stereocenters. The van der Waals surface area contributed by atoms with Crippen molar-refractivity contribution in [2.24, 2.45) is 0 Å². The monoisotopic (exact) mass is 300 g/mol. The third-order valence-electron chi connectivity index (χ3n) is 2.32. The number of carbonyl (C=O) groups excluding carboxylic acids is 1. The van der Waals surface area contributed by atoms with Crippen LogP contribution in [0.2, 0.25) is 10.0 Å². The molecule has 0 saturated carbocycles. The molecule has 0 bridgehead atoms. The van der Waals surface area contributed by atoms with E-state index in [1.165, 1.54) is 11.3 Å². The second-order valence-corrected chi connectivity index (χ2v) is 5.44. The van der Waals surface area contributed by atoms with Gasteiger partial charge in [0.1, 0.15) is 5.75 Å². The Kier molecular flexibility index (Phi) is 4.27. The van der Waals surface area contributed by atoms with Crippen LogP contribution in [-0.4, -0.2) is 11.9 Å². The first kappa shape index (κ1) is 13.4. The van der Waals surface area contributed by atoms with E-state index in [1.54, 1.807) is 42.6 Å². The number of benzene rings is 1. The summed E-state index contributed by atoms with van der Waals surface area (Å²) in [7, 11) is 0. The van der Waals surface area contributed by atoms with E-state index < -0.39 is 6.10 Å². The highest BCUT2D eigenvalue weighted by molar-refractivity contribution is 7.12. The molecule has 0 aliphatic carbocycles. The molecule has 0 N–H and O–H groups in total. The first-order chi connectivity index (χ1) is 8.58. The molecule has 2 aromatic rings. The van der Waals surface area contributed by atoms with Crippen molar-refractivity contribution in [3.8, 4) is 5.75 Å². The summed E-state index contributed by atoms with van der Waals surface area (Å²) in [4.78, 5) is 12.6. The Morgan fingerprint density at radius 2 is 2.11 bits per heavy atom. The Morgan fingerprint density at radius 1 is 1.33 bits per heavy atom. The molecule has 0 aliphatic heterocycles. The van der Waals surface area contributed by atoms with Gasteiger partial charge in [-0.3, -0.25) is 4.79 Å². The van der Waals surface area contributed by atoms with E-state index in [2.05, 4.69) is 0 Å². The fraction of sp³-hybridized carbons (Fsp3) is 0.154. The number of halogens is 2. The predicted molar refractivity (Wildman–Crippen MR) is 75.2 cm³/mol. The third-order valence-corrected chi connectivity index (χ3v) is 3.91. The van der Waals surface area contributed by atoms with Gasteiger partial charge in [-0.05, 0) is 36.6 Å². The zero-order valence-corrected chi connectivity index (χ0v) is 11.9. The predicted octanol–water partition coefficient (Wildman–Crippen LogP) is 4.71. The molecule has 5 heteroatoms. The standard InChI is InChI=1S/C13H10Cl2O2S/c1-8(12(16)13-11(15)5-6-18-13)17-10-4-2-3-9(14)7-10/h2-8H,1H3. The number of ether oxygens (including phenoxy) is 1. The van der Waals surface area contributed by atoms with Crippen LogP contribution < -0.4 is 4.74 Å². The van der Waals surface area contributed by atoms with Crippen molar-refractivity contribution < 1.29 is 9.53 Å². The maximum absolute atomic E-state index is 12.1. The van der Waals surface area contributed by atoms with E-state index in [0.717, 1.165) is 0 Å². The maximum atomic E-state index is 12.1. The lowest BCUT2D eigenvalue weighted by atomic mass is 10.2. The Bertz CT molecular complexity index is 566. The Morgan fingerprint density at radius 3 is 2.72 bits per heavy atom. The second-order valence-electron chi connectivity index (χ2n) is 3.68. The van der Waals surface area contributed by atoms with E-state index in [0.29, 0.717) is 20.7 Å². The lowest BCUT2D eigenvalue weighted by molar-refractivity contribution is 0.0822. The molecule has 0 saturated heterocycles. The van der Waals surface area contributed by atoms with Crippen molar-refractivity contribution in [2.45, 2.75) is 13.0 Å². The summed E-state index contributed by atoms with van der Waals surface area (Å²) < 4.78 is 5.55. The highest BCUT2D eigenvalue weighted by Gasteiger charge is 2.20. The van der Waals surface area contributed by atoms with Gasteiger partial charge in [-0.25, -0.2) is 0 Å². The van der Waals surface area contributed by atoms with Crippen LogP contribution in [0.4, 0.5) is 0 Å². The van der Waals surface area contributed by atoms with Gasteiger partial charge in [-0.15, -0.1) is 11.3 Å². The van der Waals surface area contributed by atoms with E-state index in [1.807, 2.05) is 0 Å². The van der Waals surface area contributed by atoms with Gasteiger partial charge in [0.05, 0.1) is 9.90 Å². The van der Waals surface area contributed by atoms with E-state index in [4.69, 9.17) is 27.9 Å². The molecule has 2 rings (SSSR count). The Hall–Kier alpha value is -1.03. The quantitative estimate of drug-likeness (QED) is 0.765. The second kappa shape index (κ2) is 5.74. The average Bonchev–Trinajstić information content (AvgIpc) is 2.74. The van der Waals surface area contributed by atoms with Gasteiger partial charge in [0.25, 0.3) is 0 Å². The summed E-state index contributed by atoms with van der Waals surface area (Å²) in [5.41, 5.74) is 0. The third kappa shape index (κ3) is 3.05. The minimum Gasteiger partial charge on any atom is -0.482 e. The van der Waals surface area contributed by atoms with Gasteiger partial charge < -0.3 is 4.74 Å². The molecular formula is C13H10Cl2O2S. The number of rotatable bonds is 4. The van der Waals surface area contributed by atoms with Crippen LogP contribution in [0.3, 0.4) is 0 Å². The fourth-order valence-corrected chi connectivity index (χ4v) is 2.80. The van der Waals surface area contributed by atoms with Gasteiger partial charge >= 0.3 is 0 Å². The zero-order valence-electron chi connectivity index (χ0n) is 9.52.